The number of methoxy groups -OCH3 is 1. The molecule has 11 heteroatoms. The number of likely N-dealkylation sites (tertiary alicyclic amines) is 2. The van der Waals surface area contributed by atoms with Gasteiger partial charge >= 0.3 is 12.1 Å². The van der Waals surface area contributed by atoms with Crippen LogP contribution in [0.25, 0.3) is 10.9 Å². The summed E-state index contributed by atoms with van der Waals surface area (Å²) < 4.78 is 43.8. The Hall–Kier alpha value is -2.79. The van der Waals surface area contributed by atoms with Gasteiger partial charge in [-0.1, -0.05) is 19.3 Å². The van der Waals surface area contributed by atoms with Gasteiger partial charge < -0.3 is 29.7 Å². The Morgan fingerprint density at radius 3 is 2.29 bits per heavy atom. The highest BCUT2D eigenvalue weighted by Gasteiger charge is 2.38. The van der Waals surface area contributed by atoms with Crippen molar-refractivity contribution in [1.82, 2.24) is 14.8 Å². The number of ether oxygens (including phenoxy) is 2. The lowest BCUT2D eigenvalue weighted by Gasteiger charge is -2.31. The van der Waals surface area contributed by atoms with Gasteiger partial charge in [-0.2, -0.15) is 13.2 Å². The number of fused-ring (bicyclic) bond motifs is 1. The number of alkyl halides is 3. The molecule has 1 aliphatic carbocycles. The first kappa shape index (κ1) is 32.1. The van der Waals surface area contributed by atoms with E-state index in [-0.39, 0.29) is 0 Å². The van der Waals surface area contributed by atoms with Gasteiger partial charge in [0.05, 0.1) is 19.2 Å². The van der Waals surface area contributed by atoms with E-state index in [4.69, 9.17) is 24.4 Å². The fourth-order valence-corrected chi connectivity index (χ4v) is 6.10. The van der Waals surface area contributed by atoms with Crippen molar-refractivity contribution in [1.29, 1.82) is 0 Å². The van der Waals surface area contributed by atoms with Crippen LogP contribution in [0.1, 0.15) is 75.8 Å². The van der Waals surface area contributed by atoms with Crippen LogP contribution >= 0.6 is 0 Å². The van der Waals surface area contributed by atoms with Crippen molar-refractivity contribution in [3.05, 3.63) is 23.9 Å². The number of piperidine rings is 1. The molecule has 8 nitrogen and oxygen atoms in total. The van der Waals surface area contributed by atoms with Crippen molar-refractivity contribution in [2.75, 3.05) is 58.8 Å². The topological polar surface area (TPSA) is 87.2 Å². The molecule has 0 unspecified atom stereocenters. The number of nitrogens with zero attached hydrogens (tertiary/aromatic N) is 3. The van der Waals surface area contributed by atoms with E-state index in [0.29, 0.717) is 18.6 Å². The van der Waals surface area contributed by atoms with Gasteiger partial charge in [0, 0.05) is 41.3 Å². The van der Waals surface area contributed by atoms with Gasteiger partial charge in [0.25, 0.3) is 0 Å². The zero-order valence-electron chi connectivity index (χ0n) is 24.8. The minimum atomic E-state index is -5.08. The van der Waals surface area contributed by atoms with Crippen LogP contribution in [0.5, 0.6) is 11.5 Å². The Kier molecular flexibility index (Phi) is 11.5. The Morgan fingerprint density at radius 2 is 1.67 bits per heavy atom. The molecule has 0 bridgehead atoms. The summed E-state index contributed by atoms with van der Waals surface area (Å²) in [6, 6.07) is 7.10. The second kappa shape index (κ2) is 15.1. The van der Waals surface area contributed by atoms with Crippen LogP contribution in [-0.2, 0) is 4.79 Å². The first-order chi connectivity index (χ1) is 20.1. The van der Waals surface area contributed by atoms with Crippen LogP contribution in [0.2, 0.25) is 0 Å². The summed E-state index contributed by atoms with van der Waals surface area (Å²) >= 11 is 0. The maximum absolute atomic E-state index is 10.6. The molecule has 1 saturated carbocycles. The lowest BCUT2D eigenvalue weighted by molar-refractivity contribution is -0.192. The summed E-state index contributed by atoms with van der Waals surface area (Å²) in [5, 5.41) is 12.2. The van der Waals surface area contributed by atoms with Gasteiger partial charge in [-0.05, 0) is 90.3 Å². The van der Waals surface area contributed by atoms with Gasteiger partial charge in [0.2, 0.25) is 0 Å². The largest absolute Gasteiger partial charge is 0.493 e. The highest BCUT2D eigenvalue weighted by atomic mass is 19.4. The SMILES string of the molecule is COc1cc2c(NC3CCN(C)CC3)cc(C3CCCCC3)nc2cc1OCCCN1CCCC1.O=C(O)C(F)(F)F. The summed E-state index contributed by atoms with van der Waals surface area (Å²) in [7, 11) is 3.96. The molecule has 0 amide bonds. The van der Waals surface area contributed by atoms with Crippen molar-refractivity contribution in [2.24, 2.45) is 0 Å². The summed E-state index contributed by atoms with van der Waals surface area (Å²) in [5.41, 5.74) is 3.49. The van der Waals surface area contributed by atoms with Crippen molar-refractivity contribution in [2.45, 2.75) is 82.3 Å². The maximum atomic E-state index is 10.6. The molecule has 2 saturated heterocycles. The van der Waals surface area contributed by atoms with E-state index in [1.54, 1.807) is 7.11 Å². The maximum Gasteiger partial charge on any atom is 0.490 e. The highest BCUT2D eigenvalue weighted by molar-refractivity contribution is 5.94. The summed E-state index contributed by atoms with van der Waals surface area (Å²) in [4.78, 5) is 19.1. The molecule has 3 aliphatic rings. The molecule has 1 aromatic carbocycles. The second-order valence-corrected chi connectivity index (χ2v) is 11.7. The number of aliphatic carboxylic acids is 1. The smallest absolute Gasteiger partial charge is 0.490 e. The molecule has 3 heterocycles. The molecule has 0 atom stereocenters. The van der Waals surface area contributed by atoms with Gasteiger partial charge in [-0.25, -0.2) is 4.79 Å². The summed E-state index contributed by atoms with van der Waals surface area (Å²) in [6.45, 7) is 6.59. The third-order valence-corrected chi connectivity index (χ3v) is 8.53. The van der Waals surface area contributed by atoms with Gasteiger partial charge in [-0.15, -0.1) is 0 Å². The number of pyridine rings is 1. The van der Waals surface area contributed by atoms with Crippen LogP contribution in [0.4, 0.5) is 18.9 Å². The molecular weight excluding hydrogens is 549 g/mol. The van der Waals surface area contributed by atoms with Crippen LogP contribution in [-0.4, -0.2) is 91.6 Å². The van der Waals surface area contributed by atoms with Gasteiger partial charge in [0.1, 0.15) is 0 Å². The Labute approximate surface area is 246 Å². The average Bonchev–Trinajstić information content (AvgIpc) is 3.50. The Morgan fingerprint density at radius 1 is 1.00 bits per heavy atom. The number of carboxylic acids is 1. The molecule has 234 valence electrons. The lowest BCUT2D eigenvalue weighted by Crippen LogP contribution is -2.36. The lowest BCUT2D eigenvalue weighted by atomic mass is 9.86. The van der Waals surface area contributed by atoms with E-state index < -0.39 is 12.1 Å². The van der Waals surface area contributed by atoms with Crippen molar-refractivity contribution >= 4 is 22.6 Å². The molecule has 5 rings (SSSR count). The fraction of sp³-hybridized carbons (Fsp3) is 0.677. The third-order valence-electron chi connectivity index (χ3n) is 8.53. The van der Waals surface area contributed by atoms with E-state index in [9.17, 15) is 13.2 Å². The van der Waals surface area contributed by atoms with Crippen LogP contribution < -0.4 is 14.8 Å². The molecule has 2 aromatic rings. The monoisotopic (exact) mass is 594 g/mol. The first-order valence-corrected chi connectivity index (χ1v) is 15.3. The second-order valence-electron chi connectivity index (χ2n) is 11.7. The van der Waals surface area contributed by atoms with E-state index in [0.717, 1.165) is 48.5 Å². The minimum Gasteiger partial charge on any atom is -0.493 e. The molecular formula is C31H45F3N4O4. The van der Waals surface area contributed by atoms with Crippen molar-refractivity contribution < 1.29 is 32.5 Å². The zero-order chi connectivity index (χ0) is 30.1. The number of anilines is 1. The van der Waals surface area contributed by atoms with Crippen molar-refractivity contribution in [3.8, 4) is 11.5 Å². The Bertz CT molecular complexity index is 1160. The molecule has 42 heavy (non-hydrogen) atoms. The normalized spacial score (nSPS) is 19.4. The predicted molar refractivity (Wildman–Crippen MR) is 158 cm³/mol. The third kappa shape index (κ3) is 9.10. The average molecular weight is 595 g/mol. The summed E-state index contributed by atoms with van der Waals surface area (Å²) in [5.74, 6) is -0.567. The van der Waals surface area contributed by atoms with Crippen LogP contribution in [0, 0.1) is 0 Å². The van der Waals surface area contributed by atoms with Crippen molar-refractivity contribution in [3.63, 3.8) is 0 Å². The number of halogens is 3. The predicted octanol–water partition coefficient (Wildman–Crippen LogP) is 6.30. The molecule has 1 aromatic heterocycles. The first-order valence-electron chi connectivity index (χ1n) is 15.3. The molecule has 0 radical (unpaired) electrons. The fourth-order valence-electron chi connectivity index (χ4n) is 6.10. The minimum absolute atomic E-state index is 0.503. The van der Waals surface area contributed by atoms with Crippen LogP contribution in [0.15, 0.2) is 18.2 Å². The number of rotatable bonds is 9. The van der Waals surface area contributed by atoms with E-state index >= 15 is 0 Å². The van der Waals surface area contributed by atoms with Gasteiger partial charge in [-0.3, -0.25) is 4.98 Å². The number of hydrogen-bond donors (Lipinski definition) is 2. The number of aromatic nitrogens is 1. The van der Waals surface area contributed by atoms with Crippen LogP contribution in [0.3, 0.4) is 0 Å². The van der Waals surface area contributed by atoms with E-state index in [2.05, 4.69) is 40.4 Å². The standard InChI is InChI=1S/C29H44N4O2.C2HF3O2/c1-32-16-11-23(12-17-32)30-26-20-25(22-9-4-3-5-10-22)31-27-21-29(28(34-2)19-24(26)27)35-18-8-15-33-13-6-7-14-33;3-2(4,5)1(6)7/h19-23H,3-18H2,1-2H3,(H,30,31);(H,6,7). The highest BCUT2D eigenvalue weighted by Crippen LogP contribution is 2.39. The molecule has 0 spiro atoms. The molecule has 2 aliphatic heterocycles. The number of hydrogen-bond acceptors (Lipinski definition) is 7. The molecule has 2 N–H and O–H groups in total. The summed E-state index contributed by atoms with van der Waals surface area (Å²) in [6.07, 6.45) is 7.47. The number of carbonyl (C=O) groups is 1. The van der Waals surface area contributed by atoms with E-state index in [1.807, 2.05) is 0 Å². The Balaban J connectivity index is 0.000000517. The quantitative estimate of drug-likeness (QED) is 0.328. The number of nitrogens with one attached hydrogen (secondary N) is 1. The number of benzene rings is 1. The van der Waals surface area contributed by atoms with Gasteiger partial charge in [0.15, 0.2) is 11.5 Å². The zero-order valence-corrected chi connectivity index (χ0v) is 24.8. The molecule has 3 fully saturated rings. The van der Waals surface area contributed by atoms with E-state index in [1.165, 1.54) is 82.3 Å². The number of carboxylic acid groups (broad SMARTS) is 1.